The first-order valence-corrected chi connectivity index (χ1v) is 8.91. The Kier molecular flexibility index (Phi) is 5.36. The average Bonchev–Trinajstić information content (AvgIpc) is 2.61. The molecule has 3 rings (SSSR count). The van der Waals surface area contributed by atoms with Crippen LogP contribution < -0.4 is 10.2 Å². The largest absolute Gasteiger partial charge is 0.376 e. The summed E-state index contributed by atoms with van der Waals surface area (Å²) in [6.07, 6.45) is 9.86. The summed E-state index contributed by atoms with van der Waals surface area (Å²) in [6.45, 7) is 2.83. The van der Waals surface area contributed by atoms with Crippen molar-refractivity contribution in [1.82, 2.24) is 15.2 Å². The molecule has 5 heteroatoms. The minimum atomic E-state index is 0.680. The Morgan fingerprint density at radius 2 is 2.00 bits per heavy atom. The predicted octanol–water partition coefficient (Wildman–Crippen LogP) is 2.63. The van der Waals surface area contributed by atoms with Crippen molar-refractivity contribution in [3.63, 3.8) is 0 Å². The number of anilines is 1. The van der Waals surface area contributed by atoms with Crippen LogP contribution in [0, 0.1) is 0 Å². The van der Waals surface area contributed by atoms with Crippen molar-refractivity contribution in [2.75, 3.05) is 32.1 Å². The third-order valence-corrected chi connectivity index (χ3v) is 4.86. The highest BCUT2D eigenvalue weighted by Gasteiger charge is 2.25. The monoisotopic (exact) mass is 315 g/mol. The quantitative estimate of drug-likeness (QED) is 0.927. The van der Waals surface area contributed by atoms with E-state index in [9.17, 15) is 0 Å². The number of nitrogens with zero attached hydrogens (tertiary/aromatic N) is 4. The Hall–Kier alpha value is -1.78. The fourth-order valence-electron chi connectivity index (χ4n) is 3.48. The van der Waals surface area contributed by atoms with Crippen molar-refractivity contribution < 1.29 is 0 Å². The first-order chi connectivity index (χ1) is 11.2. The SMILES string of the molecule is CN(C)c1ccc(CNC2=NCCCN2C2CCCCC2)nc1. The molecule has 1 aliphatic heterocycles. The molecule has 0 atom stereocenters. The maximum Gasteiger partial charge on any atom is 0.194 e. The smallest absolute Gasteiger partial charge is 0.194 e. The first kappa shape index (κ1) is 16.1. The number of pyridine rings is 1. The van der Waals surface area contributed by atoms with Gasteiger partial charge in [-0.05, 0) is 31.4 Å². The van der Waals surface area contributed by atoms with Crippen LogP contribution in [-0.2, 0) is 6.54 Å². The van der Waals surface area contributed by atoms with Crippen molar-refractivity contribution in [3.05, 3.63) is 24.0 Å². The van der Waals surface area contributed by atoms with Crippen LogP contribution in [0.4, 0.5) is 5.69 Å². The highest BCUT2D eigenvalue weighted by molar-refractivity contribution is 5.80. The highest BCUT2D eigenvalue weighted by atomic mass is 15.3. The molecule has 0 amide bonds. The summed E-state index contributed by atoms with van der Waals surface area (Å²) in [5, 5.41) is 3.53. The summed E-state index contributed by atoms with van der Waals surface area (Å²) in [4.78, 5) is 13.9. The van der Waals surface area contributed by atoms with Crippen LogP contribution in [0.1, 0.15) is 44.2 Å². The van der Waals surface area contributed by atoms with Gasteiger partial charge in [0.25, 0.3) is 0 Å². The van der Waals surface area contributed by atoms with Gasteiger partial charge in [-0.1, -0.05) is 19.3 Å². The average molecular weight is 315 g/mol. The molecule has 2 heterocycles. The molecule has 0 spiro atoms. The maximum absolute atomic E-state index is 4.74. The highest BCUT2D eigenvalue weighted by Crippen LogP contribution is 2.24. The minimum Gasteiger partial charge on any atom is -0.376 e. The molecule has 0 bridgehead atoms. The van der Waals surface area contributed by atoms with Crippen molar-refractivity contribution >= 4 is 11.6 Å². The molecular formula is C18H29N5. The lowest BCUT2D eigenvalue weighted by atomic mass is 9.94. The van der Waals surface area contributed by atoms with E-state index in [0.717, 1.165) is 37.0 Å². The lowest BCUT2D eigenvalue weighted by Gasteiger charge is -2.38. The van der Waals surface area contributed by atoms with E-state index >= 15 is 0 Å². The molecule has 0 saturated heterocycles. The van der Waals surface area contributed by atoms with Gasteiger partial charge >= 0.3 is 0 Å². The van der Waals surface area contributed by atoms with Gasteiger partial charge in [0.05, 0.1) is 24.1 Å². The molecular weight excluding hydrogens is 286 g/mol. The predicted molar refractivity (Wildman–Crippen MR) is 95.9 cm³/mol. The van der Waals surface area contributed by atoms with Crippen LogP contribution in [0.25, 0.3) is 0 Å². The summed E-state index contributed by atoms with van der Waals surface area (Å²) < 4.78 is 0. The molecule has 126 valence electrons. The third kappa shape index (κ3) is 4.15. The van der Waals surface area contributed by atoms with Gasteiger partial charge in [-0.3, -0.25) is 9.98 Å². The molecule has 23 heavy (non-hydrogen) atoms. The van der Waals surface area contributed by atoms with Gasteiger partial charge in [-0.2, -0.15) is 0 Å². The lowest BCUT2D eigenvalue weighted by Crippen LogP contribution is -2.50. The molecule has 1 aromatic rings. The number of rotatable bonds is 4. The molecule has 5 nitrogen and oxygen atoms in total. The zero-order valence-electron chi connectivity index (χ0n) is 14.5. The number of hydrogen-bond acceptors (Lipinski definition) is 5. The van der Waals surface area contributed by atoms with Crippen LogP contribution in [0.2, 0.25) is 0 Å². The molecule has 0 aromatic carbocycles. The normalized spacial score (nSPS) is 19.4. The van der Waals surface area contributed by atoms with E-state index < -0.39 is 0 Å². The van der Waals surface area contributed by atoms with E-state index in [4.69, 9.17) is 4.99 Å². The van der Waals surface area contributed by atoms with Crippen LogP contribution in [-0.4, -0.2) is 49.1 Å². The molecule has 1 aromatic heterocycles. The second-order valence-electron chi connectivity index (χ2n) is 6.80. The Labute approximate surface area is 139 Å². The Morgan fingerprint density at radius 3 is 2.70 bits per heavy atom. The van der Waals surface area contributed by atoms with Crippen LogP contribution in [0.5, 0.6) is 0 Å². The van der Waals surface area contributed by atoms with E-state index in [1.165, 1.54) is 38.5 Å². The second-order valence-corrected chi connectivity index (χ2v) is 6.80. The van der Waals surface area contributed by atoms with Crippen molar-refractivity contribution in [2.24, 2.45) is 4.99 Å². The Morgan fingerprint density at radius 1 is 1.17 bits per heavy atom. The van der Waals surface area contributed by atoms with E-state index in [2.05, 4.69) is 32.2 Å². The third-order valence-electron chi connectivity index (χ3n) is 4.86. The molecule has 1 saturated carbocycles. The van der Waals surface area contributed by atoms with Crippen LogP contribution >= 0.6 is 0 Å². The van der Waals surface area contributed by atoms with E-state index in [1.54, 1.807) is 0 Å². The Bertz CT molecular complexity index is 517. The van der Waals surface area contributed by atoms with Gasteiger partial charge in [0.15, 0.2) is 5.96 Å². The number of guanidine groups is 1. The molecule has 0 radical (unpaired) electrons. The zero-order valence-corrected chi connectivity index (χ0v) is 14.5. The minimum absolute atomic E-state index is 0.680. The van der Waals surface area contributed by atoms with E-state index in [-0.39, 0.29) is 0 Å². The van der Waals surface area contributed by atoms with Gasteiger partial charge in [0, 0.05) is 33.2 Å². The second kappa shape index (κ2) is 7.66. The van der Waals surface area contributed by atoms with Gasteiger partial charge in [-0.25, -0.2) is 0 Å². The summed E-state index contributed by atoms with van der Waals surface area (Å²) in [7, 11) is 4.07. The first-order valence-electron chi connectivity index (χ1n) is 8.91. The van der Waals surface area contributed by atoms with Crippen molar-refractivity contribution in [2.45, 2.75) is 51.1 Å². The van der Waals surface area contributed by atoms with Crippen LogP contribution in [0.3, 0.4) is 0 Å². The van der Waals surface area contributed by atoms with E-state index in [1.807, 2.05) is 20.3 Å². The van der Waals surface area contributed by atoms with Gasteiger partial charge in [0.2, 0.25) is 0 Å². The number of aliphatic imine (C=N–C) groups is 1. The molecule has 1 N–H and O–H groups in total. The molecule has 1 fully saturated rings. The van der Waals surface area contributed by atoms with Gasteiger partial charge < -0.3 is 15.1 Å². The standard InChI is InChI=1S/C18H29N5/c1-22(2)17-10-9-15(20-14-17)13-21-18-19-11-6-12-23(18)16-7-4-3-5-8-16/h9-10,14,16H,3-8,11-13H2,1-2H3,(H,19,21). The number of aromatic nitrogens is 1. The van der Waals surface area contributed by atoms with Gasteiger partial charge in [0.1, 0.15) is 0 Å². The van der Waals surface area contributed by atoms with Crippen molar-refractivity contribution in [3.8, 4) is 0 Å². The maximum atomic E-state index is 4.74. The summed E-state index contributed by atoms with van der Waals surface area (Å²) in [5.41, 5.74) is 2.19. The van der Waals surface area contributed by atoms with Crippen LogP contribution in [0.15, 0.2) is 23.3 Å². The Balaban J connectivity index is 1.59. The summed E-state index contributed by atoms with van der Waals surface area (Å²) in [6, 6.07) is 4.89. The lowest BCUT2D eigenvalue weighted by molar-refractivity contribution is 0.227. The summed E-state index contributed by atoms with van der Waals surface area (Å²) >= 11 is 0. The van der Waals surface area contributed by atoms with Crippen molar-refractivity contribution in [1.29, 1.82) is 0 Å². The molecule has 0 unspecified atom stereocenters. The molecule has 2 aliphatic rings. The van der Waals surface area contributed by atoms with E-state index in [0.29, 0.717) is 6.04 Å². The number of nitrogens with one attached hydrogen (secondary N) is 1. The molecule has 1 aliphatic carbocycles. The fourth-order valence-corrected chi connectivity index (χ4v) is 3.48. The zero-order chi connectivity index (χ0) is 16.1. The fraction of sp³-hybridized carbons (Fsp3) is 0.667. The summed E-state index contributed by atoms with van der Waals surface area (Å²) in [5.74, 6) is 1.08. The topological polar surface area (TPSA) is 43.8 Å². The van der Waals surface area contributed by atoms with Gasteiger partial charge in [-0.15, -0.1) is 0 Å². The number of hydrogen-bond donors (Lipinski definition) is 1.